The first-order chi connectivity index (χ1) is 9.49. The minimum Gasteiger partial charge on any atom is -0.496 e. The van der Waals surface area contributed by atoms with Crippen molar-refractivity contribution in [1.82, 2.24) is 5.32 Å². The normalized spacial score (nSPS) is 23.4. The van der Waals surface area contributed by atoms with E-state index in [9.17, 15) is 0 Å². The molecule has 1 saturated carbocycles. The van der Waals surface area contributed by atoms with Gasteiger partial charge in [0.25, 0.3) is 0 Å². The lowest BCUT2D eigenvalue weighted by Gasteiger charge is -2.43. The van der Waals surface area contributed by atoms with Crippen LogP contribution in [-0.2, 0) is 0 Å². The maximum atomic E-state index is 5.60. The van der Waals surface area contributed by atoms with Crippen molar-refractivity contribution in [1.29, 1.82) is 0 Å². The van der Waals surface area contributed by atoms with E-state index in [4.69, 9.17) is 4.74 Å². The number of hydrogen-bond acceptors (Lipinski definition) is 2. The molecule has 2 atom stereocenters. The number of rotatable bonds is 4. The molecule has 1 aromatic rings. The first-order valence-electron chi connectivity index (χ1n) is 7.81. The highest BCUT2D eigenvalue weighted by Crippen LogP contribution is 2.48. The molecule has 0 aliphatic heterocycles. The number of ether oxygens (including phenoxy) is 1. The molecule has 0 amide bonds. The van der Waals surface area contributed by atoms with Crippen LogP contribution in [0.25, 0.3) is 0 Å². The molecule has 0 bridgehead atoms. The number of benzene rings is 1. The summed E-state index contributed by atoms with van der Waals surface area (Å²) in [6, 6.07) is 6.89. The Bertz CT molecular complexity index is 453. The standard InChI is InChI=1S/C18H29NO/c1-13-9-10-16(20-5)14(12-13)17(19-4)15-8-6-7-11-18(15,2)3/h9-10,12,15,17,19H,6-8,11H2,1-5H3. The summed E-state index contributed by atoms with van der Waals surface area (Å²) in [7, 11) is 3.85. The van der Waals surface area contributed by atoms with Crippen molar-refractivity contribution in [3.8, 4) is 5.75 Å². The molecule has 112 valence electrons. The highest BCUT2D eigenvalue weighted by atomic mass is 16.5. The summed E-state index contributed by atoms with van der Waals surface area (Å²) in [6.45, 7) is 6.99. The van der Waals surface area contributed by atoms with Crippen LogP contribution in [-0.4, -0.2) is 14.2 Å². The van der Waals surface area contributed by atoms with E-state index in [0.29, 0.717) is 17.4 Å². The molecular formula is C18H29NO. The molecule has 0 saturated heterocycles. The molecule has 0 heterocycles. The first kappa shape index (κ1) is 15.4. The van der Waals surface area contributed by atoms with Gasteiger partial charge in [0, 0.05) is 11.6 Å². The average molecular weight is 275 g/mol. The Morgan fingerprint density at radius 1 is 1.30 bits per heavy atom. The van der Waals surface area contributed by atoms with Crippen molar-refractivity contribution in [3.05, 3.63) is 29.3 Å². The monoisotopic (exact) mass is 275 g/mol. The van der Waals surface area contributed by atoms with Crippen molar-refractivity contribution < 1.29 is 4.74 Å². The summed E-state index contributed by atoms with van der Waals surface area (Å²) in [5.74, 6) is 1.67. The maximum absolute atomic E-state index is 5.60. The zero-order chi connectivity index (χ0) is 14.8. The summed E-state index contributed by atoms with van der Waals surface area (Å²) < 4.78 is 5.60. The van der Waals surface area contributed by atoms with Crippen molar-refractivity contribution in [2.45, 2.75) is 52.5 Å². The largest absolute Gasteiger partial charge is 0.496 e. The molecule has 1 aliphatic rings. The van der Waals surface area contributed by atoms with Crippen LogP contribution in [0, 0.1) is 18.3 Å². The molecule has 0 aromatic heterocycles. The zero-order valence-electron chi connectivity index (χ0n) is 13.6. The fourth-order valence-electron chi connectivity index (χ4n) is 3.81. The van der Waals surface area contributed by atoms with E-state index in [1.54, 1.807) is 7.11 Å². The minimum absolute atomic E-state index is 0.375. The van der Waals surface area contributed by atoms with Crippen molar-refractivity contribution in [2.75, 3.05) is 14.2 Å². The van der Waals surface area contributed by atoms with Gasteiger partial charge in [-0.15, -0.1) is 0 Å². The summed E-state index contributed by atoms with van der Waals surface area (Å²) >= 11 is 0. The van der Waals surface area contributed by atoms with Gasteiger partial charge in [-0.1, -0.05) is 44.4 Å². The van der Waals surface area contributed by atoms with E-state index < -0.39 is 0 Å². The Morgan fingerprint density at radius 2 is 2.05 bits per heavy atom. The van der Waals surface area contributed by atoms with Gasteiger partial charge in [0.15, 0.2) is 0 Å². The SMILES string of the molecule is CNC(c1cc(C)ccc1OC)C1CCCCC1(C)C. The van der Waals surface area contributed by atoms with E-state index in [1.165, 1.54) is 36.8 Å². The topological polar surface area (TPSA) is 21.3 Å². The van der Waals surface area contributed by atoms with Crippen LogP contribution in [0.3, 0.4) is 0 Å². The highest BCUT2D eigenvalue weighted by Gasteiger charge is 2.38. The fourth-order valence-corrected chi connectivity index (χ4v) is 3.81. The molecule has 0 spiro atoms. The van der Waals surface area contributed by atoms with E-state index in [2.05, 4.69) is 51.3 Å². The van der Waals surface area contributed by atoms with Gasteiger partial charge < -0.3 is 10.1 Å². The van der Waals surface area contributed by atoms with Gasteiger partial charge in [0.2, 0.25) is 0 Å². The fraction of sp³-hybridized carbons (Fsp3) is 0.667. The van der Waals surface area contributed by atoms with Crippen LogP contribution in [0.2, 0.25) is 0 Å². The van der Waals surface area contributed by atoms with Gasteiger partial charge in [-0.25, -0.2) is 0 Å². The number of hydrogen-bond donors (Lipinski definition) is 1. The van der Waals surface area contributed by atoms with E-state index in [-0.39, 0.29) is 0 Å². The van der Waals surface area contributed by atoms with Gasteiger partial charge in [-0.2, -0.15) is 0 Å². The van der Waals surface area contributed by atoms with Gasteiger partial charge in [-0.3, -0.25) is 0 Å². The Morgan fingerprint density at radius 3 is 2.65 bits per heavy atom. The highest BCUT2D eigenvalue weighted by molar-refractivity contribution is 5.39. The lowest BCUT2D eigenvalue weighted by atomic mass is 9.64. The average Bonchev–Trinajstić information content (AvgIpc) is 2.41. The summed E-state index contributed by atoms with van der Waals surface area (Å²) in [6.07, 6.45) is 5.34. The third-order valence-corrected chi connectivity index (χ3v) is 5.02. The predicted molar refractivity (Wildman–Crippen MR) is 85.3 cm³/mol. The third-order valence-electron chi connectivity index (χ3n) is 5.02. The molecule has 1 fully saturated rings. The number of methoxy groups -OCH3 is 1. The van der Waals surface area contributed by atoms with Crippen LogP contribution in [0.5, 0.6) is 5.75 Å². The zero-order valence-corrected chi connectivity index (χ0v) is 13.6. The van der Waals surface area contributed by atoms with Crippen LogP contribution in [0.4, 0.5) is 0 Å². The molecule has 2 heteroatoms. The van der Waals surface area contributed by atoms with Gasteiger partial charge >= 0.3 is 0 Å². The molecule has 2 nitrogen and oxygen atoms in total. The summed E-state index contributed by atoms with van der Waals surface area (Å²) in [5.41, 5.74) is 3.00. The minimum atomic E-state index is 0.375. The van der Waals surface area contributed by atoms with Crippen molar-refractivity contribution in [2.24, 2.45) is 11.3 Å². The Labute approximate surface area is 123 Å². The van der Waals surface area contributed by atoms with Gasteiger partial charge in [-0.05, 0) is 44.2 Å². The molecular weight excluding hydrogens is 246 g/mol. The second kappa shape index (κ2) is 6.17. The van der Waals surface area contributed by atoms with Crippen LogP contribution in [0.1, 0.15) is 56.7 Å². The number of aryl methyl sites for hydroxylation is 1. The molecule has 2 rings (SSSR count). The predicted octanol–water partition coefficient (Wildman–Crippen LogP) is 4.48. The lowest BCUT2D eigenvalue weighted by molar-refractivity contribution is 0.100. The van der Waals surface area contributed by atoms with E-state index in [0.717, 1.165) is 5.75 Å². The number of nitrogens with one attached hydrogen (secondary N) is 1. The molecule has 0 radical (unpaired) electrons. The van der Waals surface area contributed by atoms with Crippen molar-refractivity contribution >= 4 is 0 Å². The smallest absolute Gasteiger partial charge is 0.123 e. The Balaban J connectivity index is 2.39. The second-order valence-corrected chi connectivity index (χ2v) is 6.85. The molecule has 1 aromatic carbocycles. The van der Waals surface area contributed by atoms with Crippen LogP contribution >= 0.6 is 0 Å². The quantitative estimate of drug-likeness (QED) is 0.874. The molecule has 2 unspecified atom stereocenters. The van der Waals surface area contributed by atoms with E-state index in [1.807, 2.05) is 0 Å². The van der Waals surface area contributed by atoms with E-state index >= 15 is 0 Å². The van der Waals surface area contributed by atoms with Crippen molar-refractivity contribution in [3.63, 3.8) is 0 Å². The molecule has 20 heavy (non-hydrogen) atoms. The van der Waals surface area contributed by atoms with Gasteiger partial charge in [0.05, 0.1) is 7.11 Å². The van der Waals surface area contributed by atoms with Crippen LogP contribution < -0.4 is 10.1 Å². The van der Waals surface area contributed by atoms with Gasteiger partial charge in [0.1, 0.15) is 5.75 Å². The second-order valence-electron chi connectivity index (χ2n) is 6.85. The lowest BCUT2D eigenvalue weighted by Crippen LogP contribution is -2.38. The van der Waals surface area contributed by atoms with Crippen LogP contribution in [0.15, 0.2) is 18.2 Å². The Hall–Kier alpha value is -1.02. The molecule has 1 aliphatic carbocycles. The Kier molecular flexibility index (Phi) is 4.74. The maximum Gasteiger partial charge on any atom is 0.123 e. The molecule has 1 N–H and O–H groups in total. The summed E-state index contributed by atoms with van der Waals surface area (Å²) in [4.78, 5) is 0. The first-order valence-corrected chi connectivity index (χ1v) is 7.81. The third kappa shape index (κ3) is 3.01. The summed E-state index contributed by atoms with van der Waals surface area (Å²) in [5, 5.41) is 3.57.